The van der Waals surface area contributed by atoms with Crippen molar-refractivity contribution in [2.75, 3.05) is 11.9 Å². The highest BCUT2D eigenvalue weighted by Crippen LogP contribution is 2.50. The van der Waals surface area contributed by atoms with Gasteiger partial charge in [0.1, 0.15) is 23.7 Å². The average Bonchev–Trinajstić information content (AvgIpc) is 3.33. The number of imide groups is 1. The lowest BCUT2D eigenvalue weighted by Crippen LogP contribution is -2.99. The van der Waals surface area contributed by atoms with Crippen molar-refractivity contribution in [3.63, 3.8) is 0 Å². The van der Waals surface area contributed by atoms with Gasteiger partial charge in [0.25, 0.3) is 5.91 Å². The smallest absolute Gasteiger partial charge is 0.291 e. The average molecular weight is 422 g/mol. The van der Waals surface area contributed by atoms with Crippen LogP contribution in [0.2, 0.25) is 0 Å². The van der Waals surface area contributed by atoms with E-state index in [1.807, 2.05) is 49.5 Å². The van der Waals surface area contributed by atoms with E-state index in [0.29, 0.717) is 17.7 Å². The predicted molar refractivity (Wildman–Crippen MR) is 111 cm³/mol. The Morgan fingerprint density at radius 3 is 2.55 bits per heavy atom. The highest BCUT2D eigenvalue weighted by Gasteiger charge is 2.74. The minimum atomic E-state index is -1.31. The number of nitrogens with two attached hydrogens (primary N) is 1. The Hall–Kier alpha value is -3.06. The summed E-state index contributed by atoms with van der Waals surface area (Å²) in [6.45, 7) is 4.25. The van der Waals surface area contributed by atoms with Crippen LogP contribution in [0.1, 0.15) is 25.0 Å². The summed E-state index contributed by atoms with van der Waals surface area (Å²) in [5.74, 6) is -2.77. The molecule has 2 aromatic carbocycles. The van der Waals surface area contributed by atoms with Gasteiger partial charge in [-0.15, -0.1) is 0 Å². The van der Waals surface area contributed by atoms with Gasteiger partial charge in [-0.25, -0.2) is 4.39 Å². The van der Waals surface area contributed by atoms with Crippen LogP contribution in [-0.4, -0.2) is 35.2 Å². The van der Waals surface area contributed by atoms with Crippen molar-refractivity contribution in [2.24, 2.45) is 17.8 Å². The fraction of sp³-hybridized carbons (Fsp3) is 0.375. The summed E-state index contributed by atoms with van der Waals surface area (Å²) in [5.41, 5.74) is 0.689. The largest absolute Gasteiger partial charge is 0.326 e. The monoisotopic (exact) mass is 422 g/mol. The summed E-state index contributed by atoms with van der Waals surface area (Å²) in [5, 5.41) is 4.66. The van der Waals surface area contributed by atoms with Gasteiger partial charge < -0.3 is 10.6 Å². The lowest BCUT2D eigenvalue weighted by atomic mass is 9.76. The number of hydrogen-bond donors (Lipinski definition) is 2. The van der Waals surface area contributed by atoms with Gasteiger partial charge in [-0.2, -0.15) is 0 Å². The minimum absolute atomic E-state index is 0.0584. The number of likely N-dealkylation sites (tertiary alicyclic amines) is 1. The molecule has 0 radical (unpaired) electrons. The van der Waals surface area contributed by atoms with Crippen LogP contribution in [-0.2, 0) is 26.3 Å². The molecule has 31 heavy (non-hydrogen) atoms. The van der Waals surface area contributed by atoms with Gasteiger partial charge in [-0.1, -0.05) is 44.2 Å². The van der Waals surface area contributed by atoms with Crippen molar-refractivity contribution < 1.29 is 24.1 Å². The number of nitrogens with one attached hydrogen (secondary N) is 1. The van der Waals surface area contributed by atoms with Crippen molar-refractivity contribution in [1.29, 1.82) is 0 Å². The molecular formula is C24H25FN3O3+. The van der Waals surface area contributed by atoms with E-state index in [2.05, 4.69) is 5.32 Å². The molecule has 3 aliphatic rings. The zero-order valence-electron chi connectivity index (χ0n) is 17.5. The number of nitrogens with zero attached hydrogens (tertiary/aromatic N) is 1. The lowest BCUT2D eigenvalue weighted by molar-refractivity contribution is -0.738. The zero-order valence-corrected chi connectivity index (χ0v) is 17.5. The third kappa shape index (κ3) is 2.76. The first-order chi connectivity index (χ1) is 14.8. The van der Waals surface area contributed by atoms with Gasteiger partial charge in [0.2, 0.25) is 17.4 Å². The first kappa shape index (κ1) is 19.9. The second-order valence-electron chi connectivity index (χ2n) is 9.07. The molecule has 7 heteroatoms. The molecule has 1 spiro atoms. The molecule has 0 bridgehead atoms. The van der Waals surface area contributed by atoms with Crippen molar-refractivity contribution in [2.45, 2.75) is 31.8 Å². The summed E-state index contributed by atoms with van der Waals surface area (Å²) in [4.78, 5) is 41.6. The molecule has 160 valence electrons. The minimum Gasteiger partial charge on any atom is -0.326 e. The Bertz CT molecular complexity index is 1090. The molecule has 3 aliphatic heterocycles. The fourth-order valence-corrected chi connectivity index (χ4v) is 5.63. The maximum Gasteiger partial charge on any atom is 0.291 e. The van der Waals surface area contributed by atoms with Crippen LogP contribution in [0, 0.1) is 23.6 Å². The summed E-state index contributed by atoms with van der Waals surface area (Å²) in [7, 11) is 0. The molecule has 0 saturated carbocycles. The molecule has 3 N–H and O–H groups in total. The fourth-order valence-electron chi connectivity index (χ4n) is 5.63. The zero-order chi connectivity index (χ0) is 21.9. The van der Waals surface area contributed by atoms with Crippen molar-refractivity contribution in [1.82, 2.24) is 4.90 Å². The topological polar surface area (TPSA) is 83.1 Å². The van der Waals surface area contributed by atoms with Crippen LogP contribution >= 0.6 is 0 Å². The van der Waals surface area contributed by atoms with E-state index in [-0.39, 0.29) is 36.2 Å². The van der Waals surface area contributed by atoms with Gasteiger partial charge in [-0.05, 0) is 30.2 Å². The molecule has 2 saturated heterocycles. The first-order valence-corrected chi connectivity index (χ1v) is 10.7. The van der Waals surface area contributed by atoms with Gasteiger partial charge in [-0.3, -0.25) is 19.3 Å². The molecule has 2 fully saturated rings. The van der Waals surface area contributed by atoms with E-state index in [1.54, 1.807) is 0 Å². The van der Waals surface area contributed by atoms with E-state index in [4.69, 9.17) is 0 Å². The quantitative estimate of drug-likeness (QED) is 0.731. The van der Waals surface area contributed by atoms with E-state index in [9.17, 15) is 18.8 Å². The van der Waals surface area contributed by atoms with Gasteiger partial charge in [0, 0.05) is 18.0 Å². The Morgan fingerprint density at radius 2 is 1.84 bits per heavy atom. The highest BCUT2D eigenvalue weighted by molar-refractivity contribution is 6.13. The number of halogens is 1. The van der Waals surface area contributed by atoms with Crippen LogP contribution in [0.3, 0.4) is 0 Å². The molecule has 3 heterocycles. The molecule has 6 nitrogen and oxygen atoms in total. The third-order valence-electron chi connectivity index (χ3n) is 7.09. The van der Waals surface area contributed by atoms with Gasteiger partial charge in [0.05, 0.1) is 5.69 Å². The molecule has 0 aromatic heterocycles. The summed E-state index contributed by atoms with van der Waals surface area (Å²) in [6, 6.07) is 13.6. The van der Waals surface area contributed by atoms with Crippen molar-refractivity contribution >= 4 is 23.4 Å². The SMILES string of the molecule is CC(C)[C@H]1[NH2+][C@]2(C(=O)Nc3ccc(F)cc32)[C@@H]2C(=O)N(CCc3ccccc3)C(=O)[C@H]12. The van der Waals surface area contributed by atoms with Crippen molar-refractivity contribution in [3.8, 4) is 0 Å². The summed E-state index contributed by atoms with van der Waals surface area (Å²) < 4.78 is 14.2. The number of quaternary nitrogens is 1. The van der Waals surface area contributed by atoms with Crippen LogP contribution in [0.5, 0.6) is 0 Å². The number of rotatable bonds is 4. The van der Waals surface area contributed by atoms with Crippen LogP contribution < -0.4 is 10.6 Å². The maximum absolute atomic E-state index is 14.2. The number of amides is 3. The predicted octanol–water partition coefficient (Wildman–Crippen LogP) is 1.42. The van der Waals surface area contributed by atoms with Gasteiger partial charge in [0.15, 0.2) is 0 Å². The Labute approximate surface area is 179 Å². The van der Waals surface area contributed by atoms with Crippen LogP contribution in [0.25, 0.3) is 0 Å². The van der Waals surface area contributed by atoms with E-state index in [0.717, 1.165) is 5.56 Å². The molecule has 2 aromatic rings. The number of carbonyl (C=O) groups excluding carboxylic acids is 3. The molecule has 0 unspecified atom stereocenters. The number of benzene rings is 2. The third-order valence-corrected chi connectivity index (χ3v) is 7.09. The van der Waals surface area contributed by atoms with Gasteiger partial charge >= 0.3 is 0 Å². The Kier molecular flexibility index (Phi) is 4.48. The van der Waals surface area contributed by atoms with Crippen LogP contribution in [0.15, 0.2) is 48.5 Å². The first-order valence-electron chi connectivity index (χ1n) is 10.7. The molecule has 4 atom stereocenters. The Morgan fingerprint density at radius 1 is 1.10 bits per heavy atom. The molecule has 5 rings (SSSR count). The maximum atomic E-state index is 14.2. The summed E-state index contributed by atoms with van der Waals surface area (Å²) in [6.07, 6.45) is 0.554. The number of fused-ring (bicyclic) bond motifs is 4. The van der Waals surface area contributed by atoms with Crippen LogP contribution in [0.4, 0.5) is 10.1 Å². The molecule has 0 aliphatic carbocycles. The van der Waals surface area contributed by atoms with E-state index in [1.165, 1.54) is 23.1 Å². The lowest BCUT2D eigenvalue weighted by Gasteiger charge is -2.27. The number of carbonyl (C=O) groups is 3. The summed E-state index contributed by atoms with van der Waals surface area (Å²) >= 11 is 0. The number of hydrogen-bond acceptors (Lipinski definition) is 3. The van der Waals surface area contributed by atoms with E-state index >= 15 is 0 Å². The Balaban J connectivity index is 1.55. The second-order valence-corrected chi connectivity index (χ2v) is 9.07. The number of anilines is 1. The normalized spacial score (nSPS) is 29.1. The second kappa shape index (κ2) is 6.99. The standard InChI is InChI=1S/C24H24FN3O3/c1-13(2)20-18-19(22(30)28(21(18)29)11-10-14-6-4-3-5-7-14)24(27-20)16-12-15(25)8-9-17(16)26-23(24)31/h3-9,12-13,18-20,27H,10-11H2,1-2H3,(H,26,31)/p+1/t18-,19-,20+,24-/m0/s1. The highest BCUT2D eigenvalue weighted by atomic mass is 19.1. The molecule has 3 amide bonds. The van der Waals surface area contributed by atoms with Crippen molar-refractivity contribution in [3.05, 3.63) is 65.5 Å². The molecular weight excluding hydrogens is 397 g/mol. The van der Waals surface area contributed by atoms with E-state index < -0.39 is 23.2 Å².